The number of nitrogens with one attached hydrogen (secondary N) is 1. The lowest BCUT2D eigenvalue weighted by Gasteiger charge is -2.24. The first-order valence-corrected chi connectivity index (χ1v) is 10.8. The third-order valence-electron chi connectivity index (χ3n) is 4.09. The molecule has 0 bridgehead atoms. The van der Waals surface area contributed by atoms with Crippen LogP contribution in [0.2, 0.25) is 0 Å². The molecule has 7 nitrogen and oxygen atoms in total. The maximum Gasteiger partial charge on any atom is 0.338 e. The van der Waals surface area contributed by atoms with Crippen molar-refractivity contribution in [2.45, 2.75) is 44.0 Å². The predicted octanol–water partition coefficient (Wildman–Crippen LogP) is 2.31. The zero-order valence-electron chi connectivity index (χ0n) is 14.8. The van der Waals surface area contributed by atoms with E-state index < -0.39 is 22.0 Å². The quantitative estimate of drug-likeness (QED) is 0.648. The Morgan fingerprint density at radius 2 is 2.08 bits per heavy atom. The van der Waals surface area contributed by atoms with Crippen LogP contribution in [0.25, 0.3) is 0 Å². The zero-order chi connectivity index (χ0) is 19.3. The molecule has 1 amide bonds. The van der Waals surface area contributed by atoms with Crippen molar-refractivity contribution in [2.75, 3.05) is 19.7 Å². The van der Waals surface area contributed by atoms with E-state index in [-0.39, 0.29) is 27.4 Å². The van der Waals surface area contributed by atoms with Crippen molar-refractivity contribution in [3.8, 4) is 0 Å². The highest BCUT2D eigenvalue weighted by molar-refractivity contribution is 9.10. The van der Waals surface area contributed by atoms with Crippen LogP contribution in [0.5, 0.6) is 0 Å². The summed E-state index contributed by atoms with van der Waals surface area (Å²) in [6.07, 6.45) is 1.90. The number of hydrogen-bond donors (Lipinski definition) is 1. The number of ether oxygens (including phenoxy) is 1. The second-order valence-corrected chi connectivity index (χ2v) is 8.64. The predicted molar refractivity (Wildman–Crippen MR) is 100 cm³/mol. The van der Waals surface area contributed by atoms with Crippen molar-refractivity contribution >= 4 is 37.8 Å². The van der Waals surface area contributed by atoms with Crippen molar-refractivity contribution in [3.63, 3.8) is 0 Å². The van der Waals surface area contributed by atoms with Gasteiger partial charge in [-0.3, -0.25) is 4.79 Å². The Labute approximate surface area is 162 Å². The molecule has 1 N–H and O–H groups in total. The van der Waals surface area contributed by atoms with Crippen LogP contribution in [0.15, 0.2) is 27.6 Å². The molecule has 0 spiro atoms. The van der Waals surface area contributed by atoms with Gasteiger partial charge < -0.3 is 10.1 Å². The van der Waals surface area contributed by atoms with Gasteiger partial charge in [-0.05, 0) is 60.3 Å². The SMILES string of the molecule is CCCNC(=O)[C@@H]1CCCN1S(=O)(=O)c1ccc(C(=O)OCC)cc1Br. The highest BCUT2D eigenvalue weighted by atomic mass is 79.9. The minimum Gasteiger partial charge on any atom is -0.462 e. The average molecular weight is 447 g/mol. The van der Waals surface area contributed by atoms with Crippen LogP contribution in [0.3, 0.4) is 0 Å². The molecular formula is C17H23BrN2O5S. The lowest BCUT2D eigenvalue weighted by Crippen LogP contribution is -2.46. The molecule has 0 aromatic heterocycles. The number of hydrogen-bond acceptors (Lipinski definition) is 5. The summed E-state index contributed by atoms with van der Waals surface area (Å²) in [5.74, 6) is -0.790. The lowest BCUT2D eigenvalue weighted by molar-refractivity contribution is -0.124. The third kappa shape index (κ3) is 4.44. The van der Waals surface area contributed by atoms with E-state index in [4.69, 9.17) is 4.74 Å². The third-order valence-corrected chi connectivity index (χ3v) is 6.97. The molecule has 1 aliphatic heterocycles. The van der Waals surface area contributed by atoms with E-state index in [0.717, 1.165) is 6.42 Å². The van der Waals surface area contributed by atoms with Crippen LogP contribution in [0.4, 0.5) is 0 Å². The smallest absolute Gasteiger partial charge is 0.338 e. The molecule has 0 saturated carbocycles. The molecule has 1 aromatic rings. The maximum absolute atomic E-state index is 13.1. The maximum atomic E-state index is 13.1. The van der Waals surface area contributed by atoms with E-state index in [1.807, 2.05) is 6.92 Å². The number of carbonyl (C=O) groups excluding carboxylic acids is 2. The van der Waals surface area contributed by atoms with Crippen molar-refractivity contribution in [2.24, 2.45) is 0 Å². The Morgan fingerprint density at radius 3 is 2.69 bits per heavy atom. The van der Waals surface area contributed by atoms with Gasteiger partial charge in [0, 0.05) is 17.6 Å². The van der Waals surface area contributed by atoms with Gasteiger partial charge in [-0.1, -0.05) is 6.92 Å². The minimum atomic E-state index is -3.87. The van der Waals surface area contributed by atoms with E-state index in [2.05, 4.69) is 21.2 Å². The van der Waals surface area contributed by atoms with E-state index in [1.165, 1.54) is 22.5 Å². The number of benzene rings is 1. The summed E-state index contributed by atoms with van der Waals surface area (Å²) in [5.41, 5.74) is 0.260. The summed E-state index contributed by atoms with van der Waals surface area (Å²) in [7, 11) is -3.87. The van der Waals surface area contributed by atoms with Crippen LogP contribution < -0.4 is 5.32 Å². The fraction of sp³-hybridized carbons (Fsp3) is 0.529. The molecule has 9 heteroatoms. The van der Waals surface area contributed by atoms with Gasteiger partial charge in [-0.15, -0.1) is 0 Å². The molecule has 0 unspecified atom stereocenters. The van der Waals surface area contributed by atoms with Gasteiger partial charge >= 0.3 is 5.97 Å². The van der Waals surface area contributed by atoms with Crippen LogP contribution in [-0.2, 0) is 19.6 Å². The number of esters is 1. The number of sulfonamides is 1. The second-order valence-electron chi connectivity index (χ2n) is 5.93. The molecule has 1 aliphatic rings. The zero-order valence-corrected chi connectivity index (χ0v) is 17.2. The molecule has 144 valence electrons. The summed E-state index contributed by atoms with van der Waals surface area (Å²) < 4.78 is 32.5. The van der Waals surface area contributed by atoms with Crippen LogP contribution in [0.1, 0.15) is 43.5 Å². The van der Waals surface area contributed by atoms with Crippen LogP contribution in [0, 0.1) is 0 Å². The monoisotopic (exact) mass is 446 g/mol. The number of amides is 1. The van der Waals surface area contributed by atoms with Gasteiger partial charge in [-0.25, -0.2) is 13.2 Å². The molecular weight excluding hydrogens is 424 g/mol. The fourth-order valence-corrected chi connectivity index (χ4v) is 5.53. The summed E-state index contributed by atoms with van der Waals surface area (Å²) in [6, 6.07) is 3.50. The molecule has 2 rings (SSSR count). The second kappa shape index (κ2) is 8.96. The van der Waals surface area contributed by atoms with Crippen molar-refractivity contribution in [1.29, 1.82) is 0 Å². The molecule has 0 radical (unpaired) electrons. The van der Waals surface area contributed by atoms with E-state index in [0.29, 0.717) is 25.9 Å². The van der Waals surface area contributed by atoms with E-state index in [1.54, 1.807) is 6.92 Å². The van der Waals surface area contributed by atoms with Gasteiger partial charge in [-0.2, -0.15) is 4.31 Å². The van der Waals surface area contributed by atoms with Gasteiger partial charge in [0.2, 0.25) is 15.9 Å². The van der Waals surface area contributed by atoms with Crippen LogP contribution in [-0.4, -0.2) is 50.3 Å². The normalized spacial score (nSPS) is 17.9. The Kier molecular flexibility index (Phi) is 7.19. The first kappa shape index (κ1) is 20.9. The number of carbonyl (C=O) groups is 2. The summed E-state index contributed by atoms with van der Waals surface area (Å²) in [5, 5.41) is 2.76. The summed E-state index contributed by atoms with van der Waals surface area (Å²) in [6.45, 7) is 4.67. The Hall–Kier alpha value is -1.45. The Morgan fingerprint density at radius 1 is 1.35 bits per heavy atom. The standard InChI is InChI=1S/C17H23BrN2O5S/c1-3-9-19-16(21)14-6-5-10-20(14)26(23,24)15-8-7-12(11-13(15)18)17(22)25-4-2/h7-8,11,14H,3-6,9-10H2,1-2H3,(H,19,21)/t14-/m0/s1. The number of rotatable bonds is 7. The fourth-order valence-electron chi connectivity index (χ4n) is 2.83. The number of halogens is 1. The summed E-state index contributed by atoms with van der Waals surface area (Å²) >= 11 is 3.23. The molecule has 0 aliphatic carbocycles. The average Bonchev–Trinajstić information content (AvgIpc) is 3.10. The molecule has 1 fully saturated rings. The highest BCUT2D eigenvalue weighted by Gasteiger charge is 2.40. The number of nitrogens with zero attached hydrogens (tertiary/aromatic N) is 1. The molecule has 1 saturated heterocycles. The first-order chi connectivity index (χ1) is 12.3. The van der Waals surface area contributed by atoms with Gasteiger partial charge in [0.05, 0.1) is 17.1 Å². The molecule has 26 heavy (non-hydrogen) atoms. The van der Waals surface area contributed by atoms with Gasteiger partial charge in [0.25, 0.3) is 0 Å². The molecule has 1 aromatic carbocycles. The Balaban J connectivity index is 2.28. The van der Waals surface area contributed by atoms with Gasteiger partial charge in [0.15, 0.2) is 0 Å². The van der Waals surface area contributed by atoms with Crippen LogP contribution >= 0.6 is 15.9 Å². The molecule has 1 atom stereocenters. The Bertz CT molecular complexity index is 781. The topological polar surface area (TPSA) is 92.8 Å². The van der Waals surface area contributed by atoms with E-state index in [9.17, 15) is 18.0 Å². The summed E-state index contributed by atoms with van der Waals surface area (Å²) in [4.78, 5) is 24.1. The molecule has 1 heterocycles. The minimum absolute atomic E-state index is 0.0285. The lowest BCUT2D eigenvalue weighted by atomic mass is 10.2. The highest BCUT2D eigenvalue weighted by Crippen LogP contribution is 2.31. The largest absolute Gasteiger partial charge is 0.462 e. The van der Waals surface area contributed by atoms with Crippen molar-refractivity contribution in [1.82, 2.24) is 9.62 Å². The first-order valence-electron chi connectivity index (χ1n) is 8.59. The van der Waals surface area contributed by atoms with Crippen molar-refractivity contribution < 1.29 is 22.7 Å². The van der Waals surface area contributed by atoms with Gasteiger partial charge in [0.1, 0.15) is 6.04 Å². The van der Waals surface area contributed by atoms with E-state index >= 15 is 0 Å². The van der Waals surface area contributed by atoms with Crippen molar-refractivity contribution in [3.05, 3.63) is 28.2 Å².